The van der Waals surface area contributed by atoms with Gasteiger partial charge in [-0.3, -0.25) is 9.36 Å². The number of aliphatic hydroxyl groups is 1. The zero-order valence-corrected chi connectivity index (χ0v) is 17.0. The van der Waals surface area contributed by atoms with Gasteiger partial charge in [-0.25, -0.2) is 9.78 Å². The van der Waals surface area contributed by atoms with Gasteiger partial charge in [-0.2, -0.15) is 0 Å². The van der Waals surface area contributed by atoms with Crippen molar-refractivity contribution in [2.75, 3.05) is 13.1 Å². The van der Waals surface area contributed by atoms with E-state index in [1.54, 1.807) is 4.90 Å². The minimum absolute atomic E-state index is 0.138. The Kier molecular flexibility index (Phi) is 5.29. The summed E-state index contributed by atoms with van der Waals surface area (Å²) in [6.45, 7) is 6.51. The summed E-state index contributed by atoms with van der Waals surface area (Å²) in [7, 11) is 0. The lowest BCUT2D eigenvalue weighted by molar-refractivity contribution is -0.140. The summed E-state index contributed by atoms with van der Waals surface area (Å²) in [5, 5.41) is 11.7. The first-order chi connectivity index (χ1) is 12.5. The quantitative estimate of drug-likeness (QED) is 0.775. The molecule has 1 N–H and O–H groups in total. The Bertz CT molecular complexity index is 767. The highest BCUT2D eigenvalue weighted by atomic mass is 35.5. The van der Waals surface area contributed by atoms with E-state index in [9.17, 15) is 14.7 Å². The van der Waals surface area contributed by atoms with Crippen LogP contribution in [0.2, 0.25) is 5.15 Å². The average molecular weight is 398 g/mol. The van der Waals surface area contributed by atoms with Crippen LogP contribution in [-0.2, 0) is 11.3 Å². The smallest absolute Gasteiger partial charge is 0.410 e. The number of aromatic nitrogens is 2. The SMILES string of the molecule is CC(C)(C)OC(=O)N1CC[C@@](O)(Cn2cnc(Cl)cc2=O)C2(CCCC2)C1. The van der Waals surface area contributed by atoms with Crippen LogP contribution < -0.4 is 5.56 Å². The van der Waals surface area contributed by atoms with Crippen LogP contribution in [0, 0.1) is 5.41 Å². The molecule has 27 heavy (non-hydrogen) atoms. The molecule has 2 heterocycles. The predicted molar refractivity (Wildman–Crippen MR) is 102 cm³/mol. The van der Waals surface area contributed by atoms with Gasteiger partial charge in [-0.15, -0.1) is 0 Å². The van der Waals surface area contributed by atoms with Gasteiger partial charge in [0.1, 0.15) is 10.8 Å². The van der Waals surface area contributed by atoms with Gasteiger partial charge in [0.2, 0.25) is 0 Å². The first-order valence-corrected chi connectivity index (χ1v) is 9.84. The molecule has 2 aliphatic rings. The molecule has 1 saturated carbocycles. The number of hydrogen-bond acceptors (Lipinski definition) is 5. The van der Waals surface area contributed by atoms with Crippen LogP contribution in [0.3, 0.4) is 0 Å². The van der Waals surface area contributed by atoms with Gasteiger partial charge in [0.25, 0.3) is 5.56 Å². The third-order valence-electron chi connectivity index (χ3n) is 5.77. The number of nitrogens with zero attached hydrogens (tertiary/aromatic N) is 3. The van der Waals surface area contributed by atoms with E-state index in [4.69, 9.17) is 16.3 Å². The highest BCUT2D eigenvalue weighted by Crippen LogP contribution is 2.51. The van der Waals surface area contributed by atoms with Crippen molar-refractivity contribution in [3.8, 4) is 0 Å². The van der Waals surface area contributed by atoms with Gasteiger partial charge in [0.05, 0.1) is 18.5 Å². The van der Waals surface area contributed by atoms with Gasteiger partial charge >= 0.3 is 6.09 Å². The minimum atomic E-state index is -1.08. The maximum absolute atomic E-state index is 12.6. The number of carbonyl (C=O) groups excluding carboxylic acids is 1. The van der Waals surface area contributed by atoms with E-state index in [0.717, 1.165) is 25.7 Å². The van der Waals surface area contributed by atoms with Crippen LogP contribution in [-0.4, -0.2) is 49.9 Å². The van der Waals surface area contributed by atoms with E-state index >= 15 is 0 Å². The van der Waals surface area contributed by atoms with Crippen molar-refractivity contribution in [3.05, 3.63) is 27.9 Å². The van der Waals surface area contributed by atoms with Crippen LogP contribution in [0.5, 0.6) is 0 Å². The van der Waals surface area contributed by atoms with Crippen molar-refractivity contribution in [1.82, 2.24) is 14.5 Å². The Morgan fingerprint density at radius 3 is 2.59 bits per heavy atom. The summed E-state index contributed by atoms with van der Waals surface area (Å²) in [5.74, 6) is 0. The average Bonchev–Trinajstić information content (AvgIpc) is 3.01. The second-order valence-corrected chi connectivity index (χ2v) is 9.24. The van der Waals surface area contributed by atoms with E-state index < -0.39 is 16.6 Å². The molecule has 8 heteroatoms. The number of carbonyl (C=O) groups is 1. The summed E-state index contributed by atoms with van der Waals surface area (Å²) >= 11 is 5.78. The Balaban J connectivity index is 1.84. The lowest BCUT2D eigenvalue weighted by atomic mass is 9.66. The van der Waals surface area contributed by atoms with Gasteiger partial charge < -0.3 is 14.7 Å². The monoisotopic (exact) mass is 397 g/mol. The second-order valence-electron chi connectivity index (χ2n) is 8.85. The molecule has 0 radical (unpaired) electrons. The fraction of sp³-hybridized carbons (Fsp3) is 0.737. The molecule has 1 aliphatic carbocycles. The maximum atomic E-state index is 12.6. The van der Waals surface area contributed by atoms with Crippen molar-refractivity contribution in [1.29, 1.82) is 0 Å². The van der Waals surface area contributed by atoms with E-state index in [1.165, 1.54) is 17.0 Å². The summed E-state index contributed by atoms with van der Waals surface area (Å²) < 4.78 is 6.94. The number of hydrogen-bond donors (Lipinski definition) is 1. The maximum Gasteiger partial charge on any atom is 0.410 e. The molecule has 1 amide bonds. The lowest BCUT2D eigenvalue weighted by Crippen LogP contribution is -2.62. The molecule has 1 atom stereocenters. The van der Waals surface area contributed by atoms with Crippen LogP contribution >= 0.6 is 11.6 Å². The van der Waals surface area contributed by atoms with Crippen molar-refractivity contribution in [2.45, 2.75) is 70.6 Å². The van der Waals surface area contributed by atoms with Gasteiger partial charge in [0.15, 0.2) is 0 Å². The molecule has 0 aromatic carbocycles. The molecule has 3 rings (SSSR count). The molecule has 7 nitrogen and oxygen atoms in total. The van der Waals surface area contributed by atoms with E-state index in [2.05, 4.69) is 4.98 Å². The molecular weight excluding hydrogens is 370 g/mol. The molecule has 1 saturated heterocycles. The topological polar surface area (TPSA) is 84.7 Å². The van der Waals surface area contributed by atoms with Gasteiger partial charge in [0, 0.05) is 24.6 Å². The summed E-state index contributed by atoms with van der Waals surface area (Å²) in [5.41, 5.74) is -2.37. The zero-order valence-electron chi connectivity index (χ0n) is 16.2. The zero-order chi connectivity index (χ0) is 19.9. The first-order valence-electron chi connectivity index (χ1n) is 9.46. The normalized spacial score (nSPS) is 25.0. The van der Waals surface area contributed by atoms with Gasteiger partial charge in [-0.05, 0) is 40.0 Å². The van der Waals surface area contributed by atoms with Crippen LogP contribution in [0.1, 0.15) is 52.9 Å². The number of halogens is 1. The molecule has 0 unspecified atom stereocenters. The summed E-state index contributed by atoms with van der Waals surface area (Å²) in [4.78, 5) is 30.5. The number of rotatable bonds is 2. The molecule has 0 bridgehead atoms. The highest BCUT2D eigenvalue weighted by Gasteiger charge is 2.56. The van der Waals surface area contributed by atoms with Crippen LogP contribution in [0.25, 0.3) is 0 Å². The Morgan fingerprint density at radius 2 is 2.00 bits per heavy atom. The second kappa shape index (κ2) is 7.09. The number of likely N-dealkylation sites (tertiary alicyclic amines) is 1. The Morgan fingerprint density at radius 1 is 1.33 bits per heavy atom. The molecule has 2 fully saturated rings. The van der Waals surface area contributed by atoms with Crippen molar-refractivity contribution >= 4 is 17.7 Å². The summed E-state index contributed by atoms with van der Waals surface area (Å²) in [6, 6.07) is 1.25. The molecule has 1 aromatic rings. The van der Waals surface area contributed by atoms with Crippen LogP contribution in [0.4, 0.5) is 4.79 Å². The highest BCUT2D eigenvalue weighted by molar-refractivity contribution is 6.29. The fourth-order valence-electron chi connectivity index (χ4n) is 4.39. The number of amides is 1. The third-order valence-corrected chi connectivity index (χ3v) is 5.97. The Hall–Kier alpha value is -1.60. The predicted octanol–water partition coefficient (Wildman–Crippen LogP) is 2.83. The van der Waals surface area contributed by atoms with E-state index in [0.29, 0.717) is 19.5 Å². The first kappa shape index (κ1) is 20.1. The summed E-state index contributed by atoms with van der Waals surface area (Å²) in [6.07, 6.45) is 5.06. The van der Waals surface area contributed by atoms with Crippen molar-refractivity contribution in [3.63, 3.8) is 0 Å². The fourth-order valence-corrected chi connectivity index (χ4v) is 4.52. The van der Waals surface area contributed by atoms with E-state index in [1.807, 2.05) is 20.8 Å². The molecule has 150 valence electrons. The number of ether oxygens (including phenoxy) is 1. The van der Waals surface area contributed by atoms with Crippen LogP contribution in [0.15, 0.2) is 17.2 Å². The molecule has 1 aromatic heterocycles. The molecule has 1 spiro atoms. The standard InChI is InChI=1S/C19H28ClN3O4/c1-17(2,3)27-16(25)22-9-8-19(26,18(11-22)6-4-5-7-18)12-23-13-21-14(20)10-15(23)24/h10,13,26H,4-9,11-12H2,1-3H3/t19-/m1/s1. The number of piperidine rings is 1. The van der Waals surface area contributed by atoms with Crippen molar-refractivity contribution < 1.29 is 14.6 Å². The molecule has 1 aliphatic heterocycles. The largest absolute Gasteiger partial charge is 0.444 e. The lowest BCUT2D eigenvalue weighted by Gasteiger charge is -2.52. The molecular formula is C19H28ClN3O4. The third kappa shape index (κ3) is 4.14. The van der Waals surface area contributed by atoms with Crippen molar-refractivity contribution in [2.24, 2.45) is 5.41 Å². The van der Waals surface area contributed by atoms with E-state index in [-0.39, 0.29) is 23.4 Å². The Labute approximate surface area is 164 Å². The minimum Gasteiger partial charge on any atom is -0.444 e. The van der Waals surface area contributed by atoms with Gasteiger partial charge in [-0.1, -0.05) is 24.4 Å².